The number of hydrogen-bond donors (Lipinski definition) is 2. The third kappa shape index (κ3) is 3.17. The molecule has 134 valence electrons. The lowest BCUT2D eigenvalue weighted by atomic mass is 9.95. The number of amides is 2. The molecule has 1 aliphatic rings. The highest BCUT2D eigenvalue weighted by molar-refractivity contribution is 9.10. The van der Waals surface area contributed by atoms with Crippen molar-refractivity contribution in [1.29, 1.82) is 0 Å². The molecule has 2 heterocycles. The Morgan fingerprint density at radius 2 is 2.08 bits per heavy atom. The van der Waals surface area contributed by atoms with Gasteiger partial charge in [-0.3, -0.25) is 9.59 Å². The van der Waals surface area contributed by atoms with Gasteiger partial charge in [0.15, 0.2) is 0 Å². The lowest BCUT2D eigenvalue weighted by molar-refractivity contribution is -0.115. The first-order chi connectivity index (χ1) is 12.5. The number of hydrogen-bond acceptors (Lipinski definition) is 4. The van der Waals surface area contributed by atoms with Gasteiger partial charge in [0.1, 0.15) is 10.6 Å². The first-order valence-corrected chi connectivity index (χ1v) is 10.0. The number of benzene rings is 1. The number of thiophene rings is 1. The van der Waals surface area contributed by atoms with E-state index in [0.717, 1.165) is 57.1 Å². The molecule has 0 atom stereocenters. The fourth-order valence-electron chi connectivity index (χ4n) is 3.45. The molecule has 0 saturated carbocycles. The highest BCUT2D eigenvalue weighted by Gasteiger charge is 2.25. The molecular weight excluding hydrogens is 416 g/mol. The van der Waals surface area contributed by atoms with Crippen molar-refractivity contribution < 1.29 is 14.0 Å². The standard InChI is InChI=1S/C19H17BrN2O3S/c20-11-5-6-14-13(8-11)10(9-25-14)7-16(23)22-19-17(18(21)24)12-3-1-2-4-15(12)26-19/h5-6,8-9H,1-4,7H2,(H2,21,24)(H,22,23). The second-order valence-electron chi connectivity index (χ2n) is 6.41. The lowest BCUT2D eigenvalue weighted by Crippen LogP contribution is -2.19. The molecule has 0 fully saturated rings. The van der Waals surface area contributed by atoms with Crippen molar-refractivity contribution in [1.82, 2.24) is 0 Å². The number of carbonyl (C=O) groups is 2. The van der Waals surface area contributed by atoms with Gasteiger partial charge in [-0.05, 0) is 49.4 Å². The molecule has 5 nitrogen and oxygen atoms in total. The van der Waals surface area contributed by atoms with Gasteiger partial charge in [-0.25, -0.2) is 0 Å². The minimum atomic E-state index is -0.475. The van der Waals surface area contributed by atoms with Gasteiger partial charge in [-0.15, -0.1) is 11.3 Å². The minimum Gasteiger partial charge on any atom is -0.464 e. The molecule has 0 bridgehead atoms. The summed E-state index contributed by atoms with van der Waals surface area (Å²) in [6.45, 7) is 0. The summed E-state index contributed by atoms with van der Waals surface area (Å²) in [4.78, 5) is 25.7. The molecule has 7 heteroatoms. The number of carbonyl (C=O) groups excluding carboxylic acids is 2. The summed E-state index contributed by atoms with van der Waals surface area (Å²) in [5, 5.41) is 4.36. The van der Waals surface area contributed by atoms with E-state index in [2.05, 4.69) is 21.2 Å². The quantitative estimate of drug-likeness (QED) is 0.639. The van der Waals surface area contributed by atoms with E-state index in [1.165, 1.54) is 11.3 Å². The Morgan fingerprint density at radius 1 is 1.27 bits per heavy atom. The van der Waals surface area contributed by atoms with Gasteiger partial charge in [0, 0.05) is 20.3 Å². The molecule has 0 radical (unpaired) electrons. The third-order valence-corrected chi connectivity index (χ3v) is 6.34. The molecule has 2 amide bonds. The predicted octanol–water partition coefficient (Wildman–Crippen LogP) is 4.42. The molecule has 4 rings (SSSR count). The fourth-order valence-corrected chi connectivity index (χ4v) is 5.12. The van der Waals surface area contributed by atoms with Crippen molar-refractivity contribution in [3.05, 3.63) is 50.5 Å². The zero-order chi connectivity index (χ0) is 18.3. The van der Waals surface area contributed by atoms with Gasteiger partial charge in [0.25, 0.3) is 5.91 Å². The molecule has 2 aromatic heterocycles. The fraction of sp³-hybridized carbons (Fsp3) is 0.263. The van der Waals surface area contributed by atoms with Gasteiger partial charge in [-0.2, -0.15) is 0 Å². The van der Waals surface area contributed by atoms with Crippen molar-refractivity contribution in [3.63, 3.8) is 0 Å². The number of rotatable bonds is 4. The van der Waals surface area contributed by atoms with Gasteiger partial charge in [0.05, 0.1) is 18.2 Å². The normalized spacial score (nSPS) is 13.6. The summed E-state index contributed by atoms with van der Waals surface area (Å²) in [5.41, 5.74) is 8.62. The van der Waals surface area contributed by atoms with E-state index >= 15 is 0 Å². The minimum absolute atomic E-state index is 0.171. The van der Waals surface area contributed by atoms with Gasteiger partial charge in [0.2, 0.25) is 5.91 Å². The van der Waals surface area contributed by atoms with Crippen LogP contribution in [0.5, 0.6) is 0 Å². The maximum absolute atomic E-state index is 12.6. The Bertz CT molecular complexity index is 1020. The second kappa shape index (κ2) is 6.89. The SMILES string of the molecule is NC(=O)c1c(NC(=O)Cc2coc3ccc(Br)cc23)sc2c1CCCC2. The number of halogens is 1. The van der Waals surface area contributed by atoms with Crippen molar-refractivity contribution in [2.45, 2.75) is 32.1 Å². The largest absolute Gasteiger partial charge is 0.464 e. The smallest absolute Gasteiger partial charge is 0.251 e. The number of aryl methyl sites for hydroxylation is 1. The summed E-state index contributed by atoms with van der Waals surface area (Å²) in [7, 11) is 0. The van der Waals surface area contributed by atoms with E-state index in [0.29, 0.717) is 10.6 Å². The highest BCUT2D eigenvalue weighted by Crippen LogP contribution is 2.38. The van der Waals surface area contributed by atoms with Gasteiger partial charge < -0.3 is 15.5 Å². The van der Waals surface area contributed by atoms with Gasteiger partial charge >= 0.3 is 0 Å². The number of nitrogens with two attached hydrogens (primary N) is 1. The summed E-state index contributed by atoms with van der Waals surface area (Å²) in [6, 6.07) is 5.68. The van der Waals surface area contributed by atoms with Crippen molar-refractivity contribution in [2.24, 2.45) is 5.73 Å². The Kier molecular flexibility index (Phi) is 4.58. The van der Waals surface area contributed by atoms with Gasteiger partial charge in [-0.1, -0.05) is 15.9 Å². The molecule has 0 saturated heterocycles. The summed E-state index contributed by atoms with van der Waals surface area (Å²) >= 11 is 4.91. The van der Waals surface area contributed by atoms with Crippen molar-refractivity contribution in [2.75, 3.05) is 5.32 Å². The molecule has 1 aromatic carbocycles. The number of anilines is 1. The van der Waals surface area contributed by atoms with E-state index in [4.69, 9.17) is 10.2 Å². The average molecular weight is 433 g/mol. The van der Waals surface area contributed by atoms with Crippen LogP contribution in [0.15, 0.2) is 33.4 Å². The molecule has 26 heavy (non-hydrogen) atoms. The highest BCUT2D eigenvalue weighted by atomic mass is 79.9. The Morgan fingerprint density at radius 3 is 2.88 bits per heavy atom. The van der Waals surface area contributed by atoms with E-state index in [1.807, 2.05) is 18.2 Å². The molecular formula is C19H17BrN2O3S. The van der Waals surface area contributed by atoms with Crippen LogP contribution in [-0.4, -0.2) is 11.8 Å². The third-order valence-electron chi connectivity index (χ3n) is 4.64. The number of fused-ring (bicyclic) bond motifs is 2. The predicted molar refractivity (Wildman–Crippen MR) is 106 cm³/mol. The molecule has 3 aromatic rings. The Hall–Kier alpha value is -2.12. The van der Waals surface area contributed by atoms with E-state index in [-0.39, 0.29) is 12.3 Å². The van der Waals surface area contributed by atoms with Crippen molar-refractivity contribution >= 4 is 55.1 Å². The number of nitrogens with one attached hydrogen (secondary N) is 1. The van der Waals surface area contributed by atoms with Crippen molar-refractivity contribution in [3.8, 4) is 0 Å². The van der Waals surface area contributed by atoms with Crippen LogP contribution in [0.2, 0.25) is 0 Å². The van der Waals surface area contributed by atoms with Crippen LogP contribution < -0.4 is 11.1 Å². The molecule has 3 N–H and O–H groups in total. The molecule has 0 spiro atoms. The Labute approximate surface area is 162 Å². The topological polar surface area (TPSA) is 85.3 Å². The van der Waals surface area contributed by atoms with Crippen LogP contribution in [0.25, 0.3) is 11.0 Å². The first-order valence-electron chi connectivity index (χ1n) is 8.42. The van der Waals surface area contributed by atoms with E-state index in [1.54, 1.807) is 6.26 Å². The van der Waals surface area contributed by atoms with Crippen LogP contribution >= 0.6 is 27.3 Å². The first kappa shape index (κ1) is 17.3. The Balaban J connectivity index is 1.59. The monoisotopic (exact) mass is 432 g/mol. The lowest BCUT2D eigenvalue weighted by Gasteiger charge is -2.11. The van der Waals surface area contributed by atoms with Crippen LogP contribution in [0.1, 0.15) is 39.2 Å². The molecule has 0 aliphatic heterocycles. The second-order valence-corrected chi connectivity index (χ2v) is 8.43. The maximum atomic E-state index is 12.6. The molecule has 0 unspecified atom stereocenters. The maximum Gasteiger partial charge on any atom is 0.251 e. The number of furan rings is 1. The van der Waals surface area contributed by atoms with E-state index < -0.39 is 5.91 Å². The zero-order valence-corrected chi connectivity index (χ0v) is 16.3. The van der Waals surface area contributed by atoms with Crippen LogP contribution in [-0.2, 0) is 24.1 Å². The molecule has 1 aliphatic carbocycles. The van der Waals surface area contributed by atoms with Crippen LogP contribution in [0.3, 0.4) is 0 Å². The van der Waals surface area contributed by atoms with Crippen LogP contribution in [0.4, 0.5) is 5.00 Å². The van der Waals surface area contributed by atoms with E-state index in [9.17, 15) is 9.59 Å². The summed E-state index contributed by atoms with van der Waals surface area (Å²) in [6.07, 6.45) is 5.72. The average Bonchev–Trinajstić information content (AvgIpc) is 3.15. The summed E-state index contributed by atoms with van der Waals surface area (Å²) in [5.74, 6) is -0.661. The number of primary amides is 1. The van der Waals surface area contributed by atoms with Crippen LogP contribution in [0, 0.1) is 0 Å². The zero-order valence-electron chi connectivity index (χ0n) is 13.9. The summed E-state index contributed by atoms with van der Waals surface area (Å²) < 4.78 is 6.44.